The van der Waals surface area contributed by atoms with E-state index in [2.05, 4.69) is 46.5 Å². The van der Waals surface area contributed by atoms with Crippen molar-refractivity contribution in [2.45, 2.75) is 59.0 Å². The minimum Gasteiger partial charge on any atom is -0.345 e. The van der Waals surface area contributed by atoms with Gasteiger partial charge in [-0.05, 0) is 66.9 Å². The third kappa shape index (κ3) is 8.85. The molecule has 0 fully saturated rings. The predicted molar refractivity (Wildman–Crippen MR) is 150 cm³/mol. The third-order valence-electron chi connectivity index (χ3n) is 6.41. The normalized spacial score (nSPS) is 10.9. The predicted octanol–water partition coefficient (Wildman–Crippen LogP) is 6.90. The zero-order valence-electron chi connectivity index (χ0n) is 21.8. The maximum Gasteiger partial charge on any atom is 0.254 e. The molecule has 0 atom stereocenters. The van der Waals surface area contributed by atoms with E-state index in [1.165, 1.54) is 29.8 Å². The Morgan fingerprint density at radius 3 is 2.22 bits per heavy atom. The van der Waals surface area contributed by atoms with E-state index < -0.39 is 0 Å². The quantitative estimate of drug-likeness (QED) is 0.198. The number of halogens is 2. The van der Waals surface area contributed by atoms with Crippen LogP contribution in [-0.2, 0) is 17.9 Å². The zero-order chi connectivity index (χ0) is 26.6. The molecule has 3 aromatic rings. The molecule has 0 aliphatic rings. The number of carbonyl (C=O) groups is 2. The molecule has 0 aliphatic heterocycles. The number of benzene rings is 2. The number of hydrogen-bond acceptors (Lipinski definition) is 2. The SMILES string of the molecule is CCCCCN(CC(=O)N(CCCC)Cc1cccn1Cc1ccc(Br)cc1)C(=O)c1ccc(F)cc1. The number of unbranched alkanes of at least 4 members (excludes halogenated alkanes) is 3. The van der Waals surface area contributed by atoms with Gasteiger partial charge in [-0.2, -0.15) is 0 Å². The van der Waals surface area contributed by atoms with Gasteiger partial charge in [0.1, 0.15) is 12.4 Å². The molecule has 0 unspecified atom stereocenters. The van der Waals surface area contributed by atoms with Crippen LogP contribution >= 0.6 is 15.9 Å². The third-order valence-corrected chi connectivity index (χ3v) is 6.94. The molecule has 3 rings (SSSR count). The molecule has 1 aromatic heterocycles. The second-order valence-corrected chi connectivity index (χ2v) is 10.3. The second kappa shape index (κ2) is 14.7. The minimum atomic E-state index is -0.387. The molecule has 2 aromatic carbocycles. The molecular formula is C30H37BrFN3O2. The maximum absolute atomic E-state index is 13.6. The Labute approximate surface area is 228 Å². The summed E-state index contributed by atoms with van der Waals surface area (Å²) in [5.74, 6) is -0.697. The Kier molecular flexibility index (Phi) is 11.4. The number of amides is 2. The van der Waals surface area contributed by atoms with Crippen LogP contribution in [0.4, 0.5) is 4.39 Å². The summed E-state index contributed by atoms with van der Waals surface area (Å²) in [7, 11) is 0. The van der Waals surface area contributed by atoms with Crippen molar-refractivity contribution in [2.75, 3.05) is 19.6 Å². The summed E-state index contributed by atoms with van der Waals surface area (Å²) >= 11 is 3.48. The van der Waals surface area contributed by atoms with Crippen molar-refractivity contribution >= 4 is 27.7 Å². The fraction of sp³-hybridized carbons (Fsp3) is 0.400. The van der Waals surface area contributed by atoms with Crippen molar-refractivity contribution in [2.24, 2.45) is 0 Å². The van der Waals surface area contributed by atoms with E-state index in [1.54, 1.807) is 4.90 Å². The first-order valence-electron chi connectivity index (χ1n) is 13.1. The summed E-state index contributed by atoms with van der Waals surface area (Å²) in [6, 6.07) is 17.8. The van der Waals surface area contributed by atoms with E-state index >= 15 is 0 Å². The van der Waals surface area contributed by atoms with E-state index in [4.69, 9.17) is 0 Å². The summed E-state index contributed by atoms with van der Waals surface area (Å²) in [4.78, 5) is 30.3. The number of rotatable bonds is 14. The van der Waals surface area contributed by atoms with Crippen molar-refractivity contribution in [3.05, 3.63) is 94.0 Å². The minimum absolute atomic E-state index is 0.0110. The molecule has 1 heterocycles. The fourth-order valence-corrected chi connectivity index (χ4v) is 4.48. The standard InChI is InChI=1S/C30H37BrFN3O2/c1-3-5-7-19-35(30(37)25-12-16-27(32)17-13-25)23-29(36)34(18-6-4-2)22-28-9-8-20-33(28)21-24-10-14-26(31)15-11-24/h8-17,20H,3-7,18-19,21-23H2,1-2H3. The van der Waals surface area contributed by atoms with Gasteiger partial charge in [-0.3, -0.25) is 9.59 Å². The maximum atomic E-state index is 13.6. The Bertz CT molecular complexity index is 1130. The number of hydrogen-bond donors (Lipinski definition) is 0. The van der Waals surface area contributed by atoms with Gasteiger partial charge in [-0.25, -0.2) is 4.39 Å². The van der Waals surface area contributed by atoms with Gasteiger partial charge < -0.3 is 14.4 Å². The molecule has 37 heavy (non-hydrogen) atoms. The molecule has 0 aliphatic carbocycles. The van der Waals surface area contributed by atoms with Gasteiger partial charge in [0.25, 0.3) is 5.91 Å². The monoisotopic (exact) mass is 569 g/mol. The largest absolute Gasteiger partial charge is 0.345 e. The summed E-state index contributed by atoms with van der Waals surface area (Å²) in [6.07, 6.45) is 6.71. The number of aromatic nitrogens is 1. The molecular weight excluding hydrogens is 533 g/mol. The molecule has 0 N–H and O–H groups in total. The molecule has 198 valence electrons. The summed E-state index contributed by atoms with van der Waals surface area (Å²) < 4.78 is 16.6. The number of nitrogens with zero attached hydrogens (tertiary/aromatic N) is 3. The lowest BCUT2D eigenvalue weighted by Gasteiger charge is -2.28. The van der Waals surface area contributed by atoms with Crippen molar-refractivity contribution in [3.63, 3.8) is 0 Å². The first kappa shape index (κ1) is 28.6. The first-order chi connectivity index (χ1) is 17.9. The van der Waals surface area contributed by atoms with Crippen LogP contribution in [0.5, 0.6) is 0 Å². The van der Waals surface area contributed by atoms with Gasteiger partial charge in [0.15, 0.2) is 0 Å². The Balaban J connectivity index is 1.75. The molecule has 0 saturated heterocycles. The van der Waals surface area contributed by atoms with Gasteiger partial charge in [0.05, 0.1) is 6.54 Å². The van der Waals surface area contributed by atoms with Crippen LogP contribution in [0.2, 0.25) is 0 Å². The van der Waals surface area contributed by atoms with Crippen molar-refractivity contribution in [3.8, 4) is 0 Å². The van der Waals surface area contributed by atoms with Gasteiger partial charge in [0.2, 0.25) is 5.91 Å². The lowest BCUT2D eigenvalue weighted by molar-refractivity contribution is -0.132. The highest BCUT2D eigenvalue weighted by molar-refractivity contribution is 9.10. The Hall–Kier alpha value is -2.93. The Morgan fingerprint density at radius 1 is 0.865 bits per heavy atom. The lowest BCUT2D eigenvalue weighted by atomic mass is 10.1. The summed E-state index contributed by atoms with van der Waals surface area (Å²) in [5.41, 5.74) is 2.63. The Morgan fingerprint density at radius 2 is 1.54 bits per heavy atom. The molecule has 5 nitrogen and oxygen atoms in total. The van der Waals surface area contributed by atoms with E-state index in [9.17, 15) is 14.0 Å². The van der Waals surface area contributed by atoms with Crippen molar-refractivity contribution in [1.82, 2.24) is 14.4 Å². The van der Waals surface area contributed by atoms with Crippen LogP contribution in [-0.4, -0.2) is 45.8 Å². The highest BCUT2D eigenvalue weighted by Crippen LogP contribution is 2.16. The van der Waals surface area contributed by atoms with Crippen molar-refractivity contribution in [1.29, 1.82) is 0 Å². The smallest absolute Gasteiger partial charge is 0.254 e. The van der Waals surface area contributed by atoms with Crippen LogP contribution in [0.3, 0.4) is 0 Å². The summed E-state index contributed by atoms with van der Waals surface area (Å²) in [6.45, 7) is 6.55. The topological polar surface area (TPSA) is 45.6 Å². The van der Waals surface area contributed by atoms with Crippen LogP contribution in [0.1, 0.15) is 67.6 Å². The van der Waals surface area contributed by atoms with Gasteiger partial charge in [-0.1, -0.05) is 61.2 Å². The molecule has 0 saturated carbocycles. The van der Waals surface area contributed by atoms with Gasteiger partial charge in [-0.15, -0.1) is 0 Å². The molecule has 7 heteroatoms. The van der Waals surface area contributed by atoms with E-state index in [1.807, 2.05) is 35.4 Å². The average Bonchev–Trinajstić information content (AvgIpc) is 3.33. The number of carbonyl (C=O) groups excluding carboxylic acids is 2. The van der Waals surface area contributed by atoms with Gasteiger partial charge in [0, 0.05) is 41.6 Å². The van der Waals surface area contributed by atoms with E-state index in [0.717, 1.165) is 48.8 Å². The van der Waals surface area contributed by atoms with E-state index in [0.29, 0.717) is 25.2 Å². The van der Waals surface area contributed by atoms with Gasteiger partial charge >= 0.3 is 0 Å². The highest BCUT2D eigenvalue weighted by atomic mass is 79.9. The van der Waals surface area contributed by atoms with Crippen LogP contribution in [0.15, 0.2) is 71.3 Å². The zero-order valence-corrected chi connectivity index (χ0v) is 23.4. The van der Waals surface area contributed by atoms with Crippen LogP contribution in [0, 0.1) is 5.82 Å². The lowest BCUT2D eigenvalue weighted by Crippen LogP contribution is -2.43. The molecule has 2 amide bonds. The van der Waals surface area contributed by atoms with Crippen LogP contribution in [0.25, 0.3) is 0 Å². The molecule has 0 spiro atoms. The summed E-state index contributed by atoms with van der Waals surface area (Å²) in [5, 5.41) is 0. The first-order valence-corrected chi connectivity index (χ1v) is 13.9. The highest BCUT2D eigenvalue weighted by Gasteiger charge is 2.23. The van der Waals surface area contributed by atoms with E-state index in [-0.39, 0.29) is 24.2 Å². The molecule has 0 bridgehead atoms. The van der Waals surface area contributed by atoms with Crippen molar-refractivity contribution < 1.29 is 14.0 Å². The fourth-order valence-electron chi connectivity index (χ4n) is 4.21. The molecule has 0 radical (unpaired) electrons. The second-order valence-electron chi connectivity index (χ2n) is 9.36. The van der Waals surface area contributed by atoms with Crippen LogP contribution < -0.4 is 0 Å². The average molecular weight is 571 g/mol.